The normalized spacial score (nSPS) is 15.4. The molecule has 130 valence electrons. The minimum absolute atomic E-state index is 0.259. The van der Waals surface area contributed by atoms with Crippen LogP contribution in [0.25, 0.3) is 10.6 Å². The summed E-state index contributed by atoms with van der Waals surface area (Å²) in [4.78, 5) is 18.1. The number of rotatable bonds is 4. The predicted octanol–water partition coefficient (Wildman–Crippen LogP) is 2.95. The van der Waals surface area contributed by atoms with E-state index < -0.39 is 0 Å². The molecule has 7 nitrogen and oxygen atoms in total. The number of carbonyl (C=O) groups is 1. The number of nitrogens with one attached hydrogen (secondary N) is 2. The lowest BCUT2D eigenvalue weighted by Gasteiger charge is -2.23. The van der Waals surface area contributed by atoms with Gasteiger partial charge < -0.3 is 5.32 Å². The van der Waals surface area contributed by atoms with Crippen molar-refractivity contribution in [2.45, 2.75) is 25.8 Å². The average molecular weight is 374 g/mol. The van der Waals surface area contributed by atoms with Crippen molar-refractivity contribution in [3.63, 3.8) is 0 Å². The molecular weight excluding hydrogens is 356 g/mol. The van der Waals surface area contributed by atoms with Gasteiger partial charge in [-0.3, -0.25) is 10.1 Å². The van der Waals surface area contributed by atoms with Crippen LogP contribution in [-0.2, 0) is 0 Å². The Hall–Kier alpha value is -2.10. The molecule has 0 aliphatic carbocycles. The van der Waals surface area contributed by atoms with Crippen LogP contribution in [0.3, 0.4) is 0 Å². The van der Waals surface area contributed by atoms with Gasteiger partial charge in [0.2, 0.25) is 0 Å². The van der Waals surface area contributed by atoms with Crippen LogP contribution >= 0.6 is 22.7 Å². The number of hydrogen-bond donors (Lipinski definition) is 2. The lowest BCUT2D eigenvalue weighted by Crippen LogP contribution is -2.30. The zero-order chi connectivity index (χ0) is 17.2. The van der Waals surface area contributed by atoms with Crippen molar-refractivity contribution in [1.82, 2.24) is 25.3 Å². The van der Waals surface area contributed by atoms with E-state index in [0.717, 1.165) is 42.2 Å². The molecule has 4 rings (SSSR count). The molecular formula is C16H18N6OS2. The Morgan fingerprint density at radius 1 is 1.36 bits per heavy atom. The summed E-state index contributed by atoms with van der Waals surface area (Å²) in [5.74, 6) is -0.259. The van der Waals surface area contributed by atoms with Crippen molar-refractivity contribution < 1.29 is 4.79 Å². The van der Waals surface area contributed by atoms with Crippen molar-refractivity contribution in [2.75, 3.05) is 18.4 Å². The molecule has 1 fully saturated rings. The lowest BCUT2D eigenvalue weighted by atomic mass is 10.1. The number of thiazole rings is 1. The molecule has 1 saturated heterocycles. The van der Waals surface area contributed by atoms with Crippen molar-refractivity contribution in [3.05, 3.63) is 34.3 Å². The molecule has 0 spiro atoms. The van der Waals surface area contributed by atoms with Gasteiger partial charge in [0.05, 0.1) is 22.3 Å². The molecule has 3 aromatic rings. The molecule has 0 bridgehead atoms. The number of amides is 1. The van der Waals surface area contributed by atoms with Crippen LogP contribution in [0.2, 0.25) is 0 Å². The van der Waals surface area contributed by atoms with Gasteiger partial charge in [-0.05, 0) is 44.3 Å². The fourth-order valence-electron chi connectivity index (χ4n) is 2.97. The lowest BCUT2D eigenvalue weighted by molar-refractivity contribution is 0.102. The van der Waals surface area contributed by atoms with E-state index >= 15 is 0 Å². The third-order valence-electron chi connectivity index (χ3n) is 4.30. The van der Waals surface area contributed by atoms with Gasteiger partial charge in [-0.1, -0.05) is 11.3 Å². The summed E-state index contributed by atoms with van der Waals surface area (Å²) in [6, 6.07) is 4.31. The average Bonchev–Trinajstić information content (AvgIpc) is 3.35. The summed E-state index contributed by atoms with van der Waals surface area (Å²) in [6.07, 6.45) is 2.00. The number of nitrogens with zero attached hydrogens (tertiary/aromatic N) is 4. The maximum absolute atomic E-state index is 12.6. The summed E-state index contributed by atoms with van der Waals surface area (Å²) in [5.41, 5.74) is 2.05. The Balaban J connectivity index is 1.49. The molecule has 4 heterocycles. The SMILES string of the molecule is Cc1c(C(=O)Nc2nc(-c3cccs3)cs2)nnn1C1CCNCC1. The quantitative estimate of drug-likeness (QED) is 0.733. The third kappa shape index (κ3) is 3.35. The molecule has 0 saturated carbocycles. The number of piperidine rings is 1. The van der Waals surface area contributed by atoms with Crippen LogP contribution in [0.1, 0.15) is 35.1 Å². The van der Waals surface area contributed by atoms with E-state index in [9.17, 15) is 4.79 Å². The second kappa shape index (κ2) is 7.03. The highest BCUT2D eigenvalue weighted by Gasteiger charge is 2.23. The zero-order valence-corrected chi connectivity index (χ0v) is 15.4. The van der Waals surface area contributed by atoms with Gasteiger partial charge in [-0.25, -0.2) is 9.67 Å². The van der Waals surface area contributed by atoms with Crippen LogP contribution in [0.4, 0.5) is 5.13 Å². The number of aromatic nitrogens is 4. The first kappa shape index (κ1) is 16.4. The van der Waals surface area contributed by atoms with Gasteiger partial charge in [-0.15, -0.1) is 27.8 Å². The summed E-state index contributed by atoms with van der Waals surface area (Å²) in [5, 5.41) is 19.0. The van der Waals surface area contributed by atoms with Gasteiger partial charge >= 0.3 is 0 Å². The Morgan fingerprint density at radius 3 is 2.96 bits per heavy atom. The molecule has 2 N–H and O–H groups in total. The highest BCUT2D eigenvalue weighted by Crippen LogP contribution is 2.28. The van der Waals surface area contributed by atoms with E-state index in [4.69, 9.17) is 0 Å². The van der Waals surface area contributed by atoms with Gasteiger partial charge in [0.1, 0.15) is 0 Å². The molecule has 0 aromatic carbocycles. The first-order valence-corrected chi connectivity index (χ1v) is 9.91. The third-order valence-corrected chi connectivity index (χ3v) is 5.95. The van der Waals surface area contributed by atoms with Gasteiger partial charge in [0.25, 0.3) is 5.91 Å². The number of hydrogen-bond acceptors (Lipinski definition) is 7. The highest BCUT2D eigenvalue weighted by molar-refractivity contribution is 7.16. The predicted molar refractivity (Wildman–Crippen MR) is 99.3 cm³/mol. The first-order chi connectivity index (χ1) is 12.2. The minimum atomic E-state index is -0.259. The zero-order valence-electron chi connectivity index (χ0n) is 13.7. The van der Waals surface area contributed by atoms with E-state index in [1.807, 2.05) is 34.5 Å². The number of thiophene rings is 1. The van der Waals surface area contributed by atoms with Crippen LogP contribution in [-0.4, -0.2) is 39.0 Å². The van der Waals surface area contributed by atoms with E-state index in [1.165, 1.54) is 11.3 Å². The summed E-state index contributed by atoms with van der Waals surface area (Å²) in [6.45, 7) is 3.84. The van der Waals surface area contributed by atoms with Gasteiger partial charge in [0.15, 0.2) is 10.8 Å². The maximum atomic E-state index is 12.6. The monoisotopic (exact) mass is 374 g/mol. The fourth-order valence-corrected chi connectivity index (χ4v) is 4.44. The second-order valence-electron chi connectivity index (χ2n) is 5.92. The van der Waals surface area contributed by atoms with Gasteiger partial charge in [0, 0.05) is 5.38 Å². The van der Waals surface area contributed by atoms with Crippen molar-refractivity contribution in [2.24, 2.45) is 0 Å². The van der Waals surface area contributed by atoms with Crippen molar-refractivity contribution >= 4 is 33.7 Å². The minimum Gasteiger partial charge on any atom is -0.317 e. The van der Waals surface area contributed by atoms with Crippen LogP contribution in [0, 0.1) is 6.92 Å². The van der Waals surface area contributed by atoms with Gasteiger partial charge in [-0.2, -0.15) is 0 Å². The summed E-state index contributed by atoms with van der Waals surface area (Å²) in [7, 11) is 0. The maximum Gasteiger partial charge on any atom is 0.279 e. The van der Waals surface area contributed by atoms with E-state index in [-0.39, 0.29) is 5.91 Å². The van der Waals surface area contributed by atoms with Crippen molar-refractivity contribution in [1.29, 1.82) is 0 Å². The Morgan fingerprint density at radius 2 is 2.20 bits per heavy atom. The standard InChI is InChI=1S/C16H18N6OS2/c1-10-14(20-21-22(10)11-4-6-17-7-5-11)15(23)19-16-18-12(9-25-16)13-3-2-8-24-13/h2-3,8-9,11,17H,4-7H2,1H3,(H,18,19,23). The number of anilines is 1. The molecule has 25 heavy (non-hydrogen) atoms. The second-order valence-corrected chi connectivity index (χ2v) is 7.72. The fraction of sp³-hybridized carbons (Fsp3) is 0.375. The molecule has 3 aromatic heterocycles. The Bertz CT molecular complexity index is 863. The molecule has 1 amide bonds. The molecule has 0 unspecified atom stereocenters. The molecule has 9 heteroatoms. The van der Waals surface area contributed by atoms with E-state index in [1.54, 1.807) is 11.3 Å². The smallest absolute Gasteiger partial charge is 0.279 e. The molecule has 1 aliphatic rings. The van der Waals surface area contributed by atoms with Crippen molar-refractivity contribution in [3.8, 4) is 10.6 Å². The van der Waals surface area contributed by atoms with Crippen LogP contribution in [0.5, 0.6) is 0 Å². The van der Waals surface area contributed by atoms with E-state index in [2.05, 4.69) is 25.9 Å². The first-order valence-electron chi connectivity index (χ1n) is 8.15. The summed E-state index contributed by atoms with van der Waals surface area (Å²) >= 11 is 3.04. The molecule has 0 atom stereocenters. The topological polar surface area (TPSA) is 84.7 Å². The summed E-state index contributed by atoms with van der Waals surface area (Å²) < 4.78 is 1.88. The molecule has 1 aliphatic heterocycles. The van der Waals surface area contributed by atoms with Crippen LogP contribution in [0.15, 0.2) is 22.9 Å². The Labute approximate surface area is 153 Å². The Kier molecular flexibility index (Phi) is 4.60. The number of carbonyl (C=O) groups excluding carboxylic acids is 1. The van der Waals surface area contributed by atoms with Crippen LogP contribution < -0.4 is 10.6 Å². The largest absolute Gasteiger partial charge is 0.317 e. The molecule has 0 radical (unpaired) electrons. The van der Waals surface area contributed by atoms with E-state index in [0.29, 0.717) is 16.9 Å². The highest BCUT2D eigenvalue weighted by atomic mass is 32.1.